The van der Waals surface area contributed by atoms with Gasteiger partial charge in [0, 0.05) is 12.5 Å². The molecule has 1 aliphatic heterocycles. The van der Waals surface area contributed by atoms with Gasteiger partial charge in [-0.15, -0.1) is 0 Å². The highest BCUT2D eigenvalue weighted by molar-refractivity contribution is 5.40. The third-order valence-corrected chi connectivity index (χ3v) is 2.55. The highest BCUT2D eigenvalue weighted by Gasteiger charge is 2.17. The molecule has 0 amide bonds. The summed E-state index contributed by atoms with van der Waals surface area (Å²) in [5.74, 6) is 0.936. The first-order valence-electron chi connectivity index (χ1n) is 4.88. The van der Waals surface area contributed by atoms with Gasteiger partial charge in [0.05, 0.1) is 12.7 Å². The van der Waals surface area contributed by atoms with Crippen LogP contribution in [0.5, 0.6) is 5.75 Å². The molecule has 14 heavy (non-hydrogen) atoms. The van der Waals surface area contributed by atoms with E-state index in [-0.39, 0.29) is 6.04 Å². The van der Waals surface area contributed by atoms with E-state index in [0.717, 1.165) is 24.3 Å². The summed E-state index contributed by atoms with van der Waals surface area (Å²) in [7, 11) is 0. The van der Waals surface area contributed by atoms with E-state index in [1.807, 2.05) is 18.2 Å². The Kier molecular flexibility index (Phi) is 2.44. The molecule has 1 aromatic carbocycles. The second-order valence-corrected chi connectivity index (χ2v) is 3.77. The molecular weight excluding hydrogens is 178 g/mol. The number of hydrogen-bond acceptors (Lipinski definition) is 3. The van der Waals surface area contributed by atoms with E-state index >= 15 is 0 Å². The van der Waals surface area contributed by atoms with E-state index in [2.05, 4.69) is 0 Å². The zero-order valence-electron chi connectivity index (χ0n) is 8.23. The molecule has 3 N–H and O–H groups in total. The molecule has 3 heteroatoms. The van der Waals surface area contributed by atoms with Gasteiger partial charge in [-0.1, -0.05) is 6.07 Å². The second-order valence-electron chi connectivity index (χ2n) is 3.77. The van der Waals surface area contributed by atoms with Gasteiger partial charge in [0.1, 0.15) is 5.75 Å². The lowest BCUT2D eigenvalue weighted by atomic mass is 10.0. The molecule has 2 rings (SSSR count). The molecule has 3 nitrogen and oxygen atoms in total. The molecule has 2 atom stereocenters. The van der Waals surface area contributed by atoms with E-state index in [9.17, 15) is 5.11 Å². The van der Waals surface area contributed by atoms with Crippen LogP contribution >= 0.6 is 0 Å². The van der Waals surface area contributed by atoms with Crippen LogP contribution in [0.25, 0.3) is 0 Å². The van der Waals surface area contributed by atoms with Crippen molar-refractivity contribution in [1.82, 2.24) is 0 Å². The van der Waals surface area contributed by atoms with Crippen LogP contribution in [0.4, 0.5) is 0 Å². The zero-order chi connectivity index (χ0) is 10.1. The summed E-state index contributed by atoms with van der Waals surface area (Å²) >= 11 is 0. The van der Waals surface area contributed by atoms with E-state index in [1.165, 1.54) is 5.56 Å². The standard InChI is InChI=1S/C11H15NO2/c1-7(12)11(13)9-2-3-10-8(6-9)4-5-14-10/h2-3,6-7,11,13H,4-5,12H2,1H3. The van der Waals surface area contributed by atoms with E-state index in [0.29, 0.717) is 0 Å². The van der Waals surface area contributed by atoms with Crippen molar-refractivity contribution >= 4 is 0 Å². The summed E-state index contributed by atoms with van der Waals surface area (Å²) in [4.78, 5) is 0. The molecule has 1 heterocycles. The fraction of sp³-hybridized carbons (Fsp3) is 0.455. The van der Waals surface area contributed by atoms with Crippen molar-refractivity contribution in [2.75, 3.05) is 6.61 Å². The van der Waals surface area contributed by atoms with Gasteiger partial charge in [-0.25, -0.2) is 0 Å². The Balaban J connectivity index is 2.28. The van der Waals surface area contributed by atoms with E-state index in [1.54, 1.807) is 6.92 Å². The Morgan fingerprint density at radius 1 is 1.50 bits per heavy atom. The third kappa shape index (κ3) is 1.61. The fourth-order valence-electron chi connectivity index (χ4n) is 1.69. The average Bonchev–Trinajstić information content (AvgIpc) is 2.62. The zero-order valence-corrected chi connectivity index (χ0v) is 8.23. The van der Waals surface area contributed by atoms with Gasteiger partial charge in [0.2, 0.25) is 0 Å². The van der Waals surface area contributed by atoms with E-state index in [4.69, 9.17) is 10.5 Å². The molecule has 0 aromatic heterocycles. The molecule has 76 valence electrons. The number of aliphatic hydroxyl groups is 1. The molecule has 2 unspecified atom stereocenters. The minimum Gasteiger partial charge on any atom is -0.493 e. The highest BCUT2D eigenvalue weighted by Crippen LogP contribution is 2.28. The Hall–Kier alpha value is -1.06. The maximum atomic E-state index is 9.76. The van der Waals surface area contributed by atoms with Gasteiger partial charge in [-0.05, 0) is 30.2 Å². The summed E-state index contributed by atoms with van der Waals surface area (Å²) in [5, 5.41) is 9.76. The second kappa shape index (κ2) is 3.59. The smallest absolute Gasteiger partial charge is 0.122 e. The number of ether oxygens (including phenoxy) is 1. The van der Waals surface area contributed by atoms with Crippen molar-refractivity contribution in [1.29, 1.82) is 0 Å². The first-order valence-corrected chi connectivity index (χ1v) is 4.88. The molecule has 0 spiro atoms. The number of nitrogens with two attached hydrogens (primary N) is 1. The number of aliphatic hydroxyl groups excluding tert-OH is 1. The molecule has 0 aliphatic carbocycles. The summed E-state index contributed by atoms with van der Waals surface area (Å²) in [6.07, 6.45) is 0.343. The number of fused-ring (bicyclic) bond motifs is 1. The van der Waals surface area contributed by atoms with Crippen LogP contribution in [0.15, 0.2) is 18.2 Å². The molecule has 0 fully saturated rings. The van der Waals surface area contributed by atoms with Gasteiger partial charge in [-0.2, -0.15) is 0 Å². The fourth-order valence-corrected chi connectivity index (χ4v) is 1.69. The Morgan fingerprint density at radius 2 is 2.29 bits per heavy atom. The van der Waals surface area contributed by atoms with Gasteiger partial charge in [0.15, 0.2) is 0 Å². The Morgan fingerprint density at radius 3 is 3.00 bits per heavy atom. The SMILES string of the molecule is CC(N)C(O)c1ccc2c(c1)CCO2. The predicted octanol–water partition coefficient (Wildman–Crippen LogP) is 1.00. The summed E-state index contributed by atoms with van der Waals surface area (Å²) < 4.78 is 5.38. The molecule has 0 saturated carbocycles. The largest absolute Gasteiger partial charge is 0.493 e. The molecular formula is C11H15NO2. The topological polar surface area (TPSA) is 55.5 Å². The van der Waals surface area contributed by atoms with Crippen molar-refractivity contribution in [3.05, 3.63) is 29.3 Å². The first kappa shape index (κ1) is 9.49. The van der Waals surface area contributed by atoms with Crippen molar-refractivity contribution in [2.24, 2.45) is 5.73 Å². The molecule has 1 aliphatic rings. The summed E-state index contributed by atoms with van der Waals surface area (Å²) in [6, 6.07) is 5.52. The number of benzene rings is 1. The first-order chi connectivity index (χ1) is 6.68. The number of hydrogen-bond donors (Lipinski definition) is 2. The lowest BCUT2D eigenvalue weighted by Gasteiger charge is -2.15. The monoisotopic (exact) mass is 193 g/mol. The molecule has 0 saturated heterocycles. The van der Waals surface area contributed by atoms with E-state index < -0.39 is 6.10 Å². The predicted molar refractivity (Wildman–Crippen MR) is 54.3 cm³/mol. The quantitative estimate of drug-likeness (QED) is 0.736. The van der Waals surface area contributed by atoms with Crippen LogP contribution in [0.2, 0.25) is 0 Å². The maximum Gasteiger partial charge on any atom is 0.122 e. The van der Waals surface area contributed by atoms with Crippen LogP contribution < -0.4 is 10.5 Å². The Bertz CT molecular complexity index is 336. The average molecular weight is 193 g/mol. The minimum atomic E-state index is -0.583. The third-order valence-electron chi connectivity index (χ3n) is 2.55. The van der Waals surface area contributed by atoms with Crippen molar-refractivity contribution < 1.29 is 9.84 Å². The van der Waals surface area contributed by atoms with Crippen molar-refractivity contribution in [2.45, 2.75) is 25.5 Å². The lowest BCUT2D eigenvalue weighted by Crippen LogP contribution is -2.24. The van der Waals surface area contributed by atoms with Crippen LogP contribution in [-0.2, 0) is 6.42 Å². The number of rotatable bonds is 2. The van der Waals surface area contributed by atoms with Gasteiger partial charge >= 0.3 is 0 Å². The van der Waals surface area contributed by atoms with Gasteiger partial charge in [0.25, 0.3) is 0 Å². The normalized spacial score (nSPS) is 18.5. The van der Waals surface area contributed by atoms with Gasteiger partial charge < -0.3 is 15.6 Å². The Labute approximate surface area is 83.5 Å². The minimum absolute atomic E-state index is 0.240. The molecule has 1 aromatic rings. The summed E-state index contributed by atoms with van der Waals surface area (Å²) in [6.45, 7) is 2.54. The van der Waals surface area contributed by atoms with Gasteiger partial charge in [-0.3, -0.25) is 0 Å². The lowest BCUT2D eigenvalue weighted by molar-refractivity contribution is 0.153. The van der Waals surface area contributed by atoms with Crippen LogP contribution in [0.1, 0.15) is 24.2 Å². The van der Waals surface area contributed by atoms with Crippen LogP contribution in [0.3, 0.4) is 0 Å². The highest BCUT2D eigenvalue weighted by atomic mass is 16.5. The summed E-state index contributed by atoms with van der Waals surface area (Å²) in [5.41, 5.74) is 7.68. The molecule has 0 bridgehead atoms. The van der Waals surface area contributed by atoms with Crippen LogP contribution in [0, 0.1) is 0 Å². The van der Waals surface area contributed by atoms with Crippen molar-refractivity contribution in [3.8, 4) is 5.75 Å². The van der Waals surface area contributed by atoms with Crippen molar-refractivity contribution in [3.63, 3.8) is 0 Å². The van der Waals surface area contributed by atoms with Crippen LogP contribution in [-0.4, -0.2) is 17.8 Å². The maximum absolute atomic E-state index is 9.76. The molecule has 0 radical (unpaired) electrons.